The van der Waals surface area contributed by atoms with Gasteiger partial charge in [0.2, 0.25) is 0 Å². The van der Waals surface area contributed by atoms with Crippen LogP contribution in [0.2, 0.25) is 0 Å². The molecule has 0 aromatic carbocycles. The van der Waals surface area contributed by atoms with Gasteiger partial charge in [0.05, 0.1) is 17.8 Å². The van der Waals surface area contributed by atoms with Crippen LogP contribution in [-0.4, -0.2) is 34.2 Å². The molecule has 0 aliphatic carbocycles. The van der Waals surface area contributed by atoms with Crippen molar-refractivity contribution in [2.24, 2.45) is 0 Å². The molecule has 4 heteroatoms. The monoisotopic (exact) mass is 198 g/mol. The molecule has 0 bridgehead atoms. The Hall–Kier alpha value is -0.450. The molecular formula is C9H14N2OS. The van der Waals surface area contributed by atoms with Gasteiger partial charge in [0.25, 0.3) is 0 Å². The minimum absolute atomic E-state index is 0.282. The summed E-state index contributed by atoms with van der Waals surface area (Å²) in [5, 5.41) is 11.2. The summed E-state index contributed by atoms with van der Waals surface area (Å²) in [6, 6.07) is 0.363. The number of hydrogen-bond acceptors (Lipinski definition) is 4. The average Bonchev–Trinajstić information content (AvgIpc) is 2.76. The van der Waals surface area contributed by atoms with Gasteiger partial charge in [0.15, 0.2) is 0 Å². The van der Waals surface area contributed by atoms with Crippen LogP contribution in [0.5, 0.6) is 0 Å². The molecular weight excluding hydrogens is 184 g/mol. The molecule has 2 rings (SSSR count). The first-order chi connectivity index (χ1) is 6.40. The first-order valence-corrected chi connectivity index (χ1v) is 5.56. The second-order valence-corrected chi connectivity index (χ2v) is 4.15. The molecule has 2 heterocycles. The molecule has 0 saturated carbocycles. The number of hydrogen-bond donors (Lipinski definition) is 1. The van der Waals surface area contributed by atoms with Gasteiger partial charge in [-0.3, -0.25) is 4.90 Å². The highest BCUT2D eigenvalue weighted by Crippen LogP contribution is 2.19. The van der Waals surface area contributed by atoms with Crippen molar-refractivity contribution in [2.75, 3.05) is 13.2 Å². The Bertz CT molecular complexity index is 250. The summed E-state index contributed by atoms with van der Waals surface area (Å²) in [5.41, 5.74) is 2.99. The summed E-state index contributed by atoms with van der Waals surface area (Å²) in [6.07, 6.45) is 2.33. The number of thiazole rings is 1. The Labute approximate surface area is 82.0 Å². The van der Waals surface area contributed by atoms with Crippen LogP contribution < -0.4 is 0 Å². The molecule has 1 aromatic rings. The molecule has 0 amide bonds. The normalized spacial score (nSPS) is 23.9. The van der Waals surface area contributed by atoms with Crippen molar-refractivity contribution in [3.63, 3.8) is 0 Å². The first-order valence-electron chi connectivity index (χ1n) is 4.62. The largest absolute Gasteiger partial charge is 0.395 e. The van der Waals surface area contributed by atoms with Gasteiger partial charge in [-0.1, -0.05) is 0 Å². The molecule has 1 fully saturated rings. The highest BCUT2D eigenvalue weighted by Gasteiger charge is 2.23. The molecule has 1 unspecified atom stereocenters. The van der Waals surface area contributed by atoms with E-state index in [0.29, 0.717) is 6.04 Å². The molecule has 1 N–H and O–H groups in total. The van der Waals surface area contributed by atoms with Gasteiger partial charge in [0, 0.05) is 18.0 Å². The van der Waals surface area contributed by atoms with Crippen molar-refractivity contribution in [2.45, 2.75) is 25.4 Å². The fraction of sp³-hybridized carbons (Fsp3) is 0.667. The van der Waals surface area contributed by atoms with Gasteiger partial charge in [0.1, 0.15) is 0 Å². The van der Waals surface area contributed by atoms with E-state index >= 15 is 0 Å². The van der Waals surface area contributed by atoms with Crippen LogP contribution in [0, 0.1) is 0 Å². The van der Waals surface area contributed by atoms with Crippen LogP contribution in [0.25, 0.3) is 0 Å². The lowest BCUT2D eigenvalue weighted by Crippen LogP contribution is -2.31. The number of aliphatic hydroxyl groups is 1. The molecule has 0 radical (unpaired) electrons. The van der Waals surface area contributed by atoms with E-state index in [9.17, 15) is 0 Å². The number of aromatic nitrogens is 1. The maximum atomic E-state index is 9.11. The zero-order valence-electron chi connectivity index (χ0n) is 7.52. The van der Waals surface area contributed by atoms with Crippen LogP contribution in [0.3, 0.4) is 0 Å². The predicted octanol–water partition coefficient (Wildman–Crippen LogP) is 1.10. The highest BCUT2D eigenvalue weighted by molar-refractivity contribution is 7.07. The minimum Gasteiger partial charge on any atom is -0.395 e. The van der Waals surface area contributed by atoms with Crippen LogP contribution >= 0.6 is 11.3 Å². The lowest BCUT2D eigenvalue weighted by Gasteiger charge is -2.21. The molecule has 1 aliphatic heterocycles. The lowest BCUT2D eigenvalue weighted by atomic mass is 10.2. The Morgan fingerprint density at radius 1 is 1.69 bits per heavy atom. The van der Waals surface area contributed by atoms with Crippen molar-refractivity contribution in [3.05, 3.63) is 16.6 Å². The Balaban J connectivity index is 1.94. The number of nitrogens with zero attached hydrogens (tertiary/aromatic N) is 2. The van der Waals surface area contributed by atoms with E-state index in [1.165, 1.54) is 6.42 Å². The topological polar surface area (TPSA) is 36.4 Å². The summed E-state index contributed by atoms with van der Waals surface area (Å²) < 4.78 is 0. The van der Waals surface area contributed by atoms with Crippen LogP contribution in [0.4, 0.5) is 0 Å². The zero-order chi connectivity index (χ0) is 9.10. The van der Waals surface area contributed by atoms with E-state index in [2.05, 4.69) is 15.3 Å². The fourth-order valence-corrected chi connectivity index (χ4v) is 2.38. The minimum atomic E-state index is 0.282. The molecule has 72 valence electrons. The molecule has 0 spiro atoms. The Kier molecular flexibility index (Phi) is 2.93. The summed E-state index contributed by atoms with van der Waals surface area (Å²) >= 11 is 1.63. The third-order valence-corrected chi connectivity index (χ3v) is 3.19. The standard InChI is InChI=1S/C9H14N2OS/c12-5-9-2-1-3-11(9)4-8-6-13-7-10-8/h6-7,9,12H,1-5H2. The van der Waals surface area contributed by atoms with E-state index in [1.54, 1.807) is 11.3 Å². The molecule has 1 saturated heterocycles. The van der Waals surface area contributed by atoms with E-state index in [1.807, 2.05) is 5.51 Å². The van der Waals surface area contributed by atoms with Gasteiger partial charge in [-0.05, 0) is 19.4 Å². The third-order valence-electron chi connectivity index (χ3n) is 2.56. The first kappa shape index (κ1) is 9.12. The summed E-state index contributed by atoms with van der Waals surface area (Å²) in [7, 11) is 0. The van der Waals surface area contributed by atoms with Gasteiger partial charge < -0.3 is 5.11 Å². The average molecular weight is 198 g/mol. The van der Waals surface area contributed by atoms with Crippen LogP contribution in [0.1, 0.15) is 18.5 Å². The molecule has 1 atom stereocenters. The maximum Gasteiger partial charge on any atom is 0.0795 e. The molecule has 13 heavy (non-hydrogen) atoms. The summed E-state index contributed by atoms with van der Waals surface area (Å²) in [6.45, 7) is 2.28. The quantitative estimate of drug-likeness (QED) is 0.790. The van der Waals surface area contributed by atoms with Crippen molar-refractivity contribution in [1.29, 1.82) is 0 Å². The van der Waals surface area contributed by atoms with E-state index in [0.717, 1.165) is 25.2 Å². The third kappa shape index (κ3) is 2.07. The second kappa shape index (κ2) is 4.17. The molecule has 1 aliphatic rings. The maximum absolute atomic E-state index is 9.11. The number of rotatable bonds is 3. The van der Waals surface area contributed by atoms with Crippen molar-refractivity contribution >= 4 is 11.3 Å². The lowest BCUT2D eigenvalue weighted by molar-refractivity contribution is 0.152. The van der Waals surface area contributed by atoms with Crippen molar-refractivity contribution < 1.29 is 5.11 Å². The highest BCUT2D eigenvalue weighted by atomic mass is 32.1. The van der Waals surface area contributed by atoms with Crippen LogP contribution in [0.15, 0.2) is 10.9 Å². The van der Waals surface area contributed by atoms with E-state index in [4.69, 9.17) is 5.11 Å². The predicted molar refractivity (Wildman–Crippen MR) is 52.6 cm³/mol. The zero-order valence-corrected chi connectivity index (χ0v) is 8.33. The van der Waals surface area contributed by atoms with Crippen molar-refractivity contribution in [3.8, 4) is 0 Å². The Morgan fingerprint density at radius 3 is 3.31 bits per heavy atom. The fourth-order valence-electron chi connectivity index (χ4n) is 1.83. The summed E-state index contributed by atoms with van der Waals surface area (Å²) in [4.78, 5) is 6.56. The van der Waals surface area contributed by atoms with Gasteiger partial charge in [-0.25, -0.2) is 4.98 Å². The number of aliphatic hydroxyl groups excluding tert-OH is 1. The van der Waals surface area contributed by atoms with Gasteiger partial charge >= 0.3 is 0 Å². The van der Waals surface area contributed by atoms with Gasteiger partial charge in [-0.2, -0.15) is 0 Å². The van der Waals surface area contributed by atoms with E-state index in [-0.39, 0.29) is 6.61 Å². The van der Waals surface area contributed by atoms with E-state index < -0.39 is 0 Å². The second-order valence-electron chi connectivity index (χ2n) is 3.43. The number of likely N-dealkylation sites (tertiary alicyclic amines) is 1. The SMILES string of the molecule is OCC1CCCN1Cc1cscn1. The Morgan fingerprint density at radius 2 is 2.62 bits per heavy atom. The smallest absolute Gasteiger partial charge is 0.0795 e. The molecule has 1 aromatic heterocycles. The molecule has 3 nitrogen and oxygen atoms in total. The van der Waals surface area contributed by atoms with Crippen molar-refractivity contribution in [1.82, 2.24) is 9.88 Å². The van der Waals surface area contributed by atoms with Gasteiger partial charge in [-0.15, -0.1) is 11.3 Å². The summed E-state index contributed by atoms with van der Waals surface area (Å²) in [5.74, 6) is 0. The van der Waals surface area contributed by atoms with Crippen LogP contribution in [-0.2, 0) is 6.54 Å².